The predicted octanol–water partition coefficient (Wildman–Crippen LogP) is 3.92. The van der Waals surface area contributed by atoms with Gasteiger partial charge < -0.3 is 10.2 Å². The molecule has 1 aromatic rings. The van der Waals surface area contributed by atoms with E-state index in [1.807, 2.05) is 19.2 Å². The third-order valence-corrected chi connectivity index (χ3v) is 4.89. The second kappa shape index (κ2) is 7.26. The summed E-state index contributed by atoms with van der Waals surface area (Å²) in [6.07, 6.45) is 2.51. The number of para-hydroxylation sites is 1. The molecule has 0 amide bonds. The average Bonchev–Trinajstić information content (AvgIpc) is 2.43. The average molecular weight is 292 g/mol. The molecule has 21 heavy (non-hydrogen) atoms. The lowest BCUT2D eigenvalue weighted by Gasteiger charge is -2.42. The van der Waals surface area contributed by atoms with Gasteiger partial charge >= 0.3 is 0 Å². The monoisotopic (exact) mass is 292 g/mol. The molecule has 4 unspecified atom stereocenters. The van der Waals surface area contributed by atoms with Gasteiger partial charge in [-0.2, -0.15) is 0 Å². The van der Waals surface area contributed by atoms with E-state index >= 15 is 0 Å². The van der Waals surface area contributed by atoms with Crippen LogP contribution in [0.5, 0.6) is 0 Å². The van der Waals surface area contributed by atoms with E-state index in [0.717, 1.165) is 19.0 Å². The first-order valence-electron chi connectivity index (χ1n) is 8.22. The van der Waals surface area contributed by atoms with Crippen LogP contribution in [0.2, 0.25) is 0 Å². The van der Waals surface area contributed by atoms with Crippen molar-refractivity contribution < 1.29 is 4.39 Å². The summed E-state index contributed by atoms with van der Waals surface area (Å²) in [7, 11) is 2.01. The van der Waals surface area contributed by atoms with Crippen LogP contribution in [0.15, 0.2) is 24.3 Å². The zero-order valence-electron chi connectivity index (χ0n) is 13.8. The molecule has 0 aliphatic heterocycles. The molecule has 1 aliphatic carbocycles. The fraction of sp³-hybridized carbons (Fsp3) is 0.667. The second-order valence-electron chi connectivity index (χ2n) is 6.71. The van der Waals surface area contributed by atoms with Crippen LogP contribution in [-0.2, 0) is 0 Å². The number of hydrogen-bond donors (Lipinski definition) is 1. The van der Waals surface area contributed by atoms with Crippen LogP contribution in [0.3, 0.4) is 0 Å². The number of hydrogen-bond acceptors (Lipinski definition) is 2. The molecule has 1 fully saturated rings. The Morgan fingerprint density at radius 1 is 1.24 bits per heavy atom. The summed E-state index contributed by atoms with van der Waals surface area (Å²) >= 11 is 0. The van der Waals surface area contributed by atoms with Gasteiger partial charge in [0, 0.05) is 19.6 Å². The largest absolute Gasteiger partial charge is 0.372 e. The van der Waals surface area contributed by atoms with E-state index in [4.69, 9.17) is 0 Å². The van der Waals surface area contributed by atoms with Crippen LogP contribution in [0.1, 0.15) is 33.6 Å². The summed E-state index contributed by atoms with van der Waals surface area (Å²) in [5.74, 6) is 1.90. The summed E-state index contributed by atoms with van der Waals surface area (Å²) in [5.41, 5.74) is 0.707. The fourth-order valence-electron chi connectivity index (χ4n) is 3.89. The van der Waals surface area contributed by atoms with Gasteiger partial charge in [0.25, 0.3) is 0 Å². The number of halogens is 1. The molecule has 0 heterocycles. The smallest absolute Gasteiger partial charge is 0.146 e. The van der Waals surface area contributed by atoms with Crippen LogP contribution in [-0.4, -0.2) is 26.2 Å². The van der Waals surface area contributed by atoms with Crippen molar-refractivity contribution in [2.45, 2.75) is 39.7 Å². The summed E-state index contributed by atoms with van der Waals surface area (Å²) in [6.45, 7) is 8.77. The van der Waals surface area contributed by atoms with Gasteiger partial charge in [-0.15, -0.1) is 0 Å². The molecule has 2 rings (SSSR count). The topological polar surface area (TPSA) is 15.3 Å². The maximum atomic E-state index is 13.9. The molecule has 0 spiro atoms. The van der Waals surface area contributed by atoms with Crippen molar-refractivity contribution in [2.24, 2.45) is 17.8 Å². The van der Waals surface area contributed by atoms with E-state index in [9.17, 15) is 4.39 Å². The number of nitrogens with one attached hydrogen (secondary N) is 1. The Morgan fingerprint density at radius 3 is 2.62 bits per heavy atom. The van der Waals surface area contributed by atoms with Crippen molar-refractivity contribution in [2.75, 3.05) is 25.0 Å². The minimum atomic E-state index is -0.128. The van der Waals surface area contributed by atoms with E-state index in [1.165, 1.54) is 12.8 Å². The van der Waals surface area contributed by atoms with Crippen LogP contribution < -0.4 is 10.2 Å². The fourth-order valence-corrected chi connectivity index (χ4v) is 3.89. The molecule has 3 heteroatoms. The first-order chi connectivity index (χ1) is 10.0. The summed E-state index contributed by atoms with van der Waals surface area (Å²) in [4.78, 5) is 2.08. The molecule has 2 nitrogen and oxygen atoms in total. The van der Waals surface area contributed by atoms with Gasteiger partial charge in [-0.1, -0.05) is 32.9 Å². The molecule has 0 saturated heterocycles. The number of rotatable bonds is 5. The van der Waals surface area contributed by atoms with Gasteiger partial charge in [0.1, 0.15) is 5.82 Å². The Morgan fingerprint density at radius 2 is 1.95 bits per heavy atom. The number of benzene rings is 1. The molecule has 1 saturated carbocycles. The van der Waals surface area contributed by atoms with Crippen molar-refractivity contribution >= 4 is 5.69 Å². The van der Waals surface area contributed by atoms with Crippen molar-refractivity contribution in [1.82, 2.24) is 5.32 Å². The Labute approximate surface area is 128 Å². The van der Waals surface area contributed by atoms with Gasteiger partial charge in [-0.3, -0.25) is 0 Å². The molecule has 1 aromatic carbocycles. The molecule has 1 aliphatic rings. The highest BCUT2D eigenvalue weighted by atomic mass is 19.1. The SMILES string of the molecule is CCNC1CC(C)CC(C)C1CN(C)c1ccccc1F. The number of anilines is 1. The van der Waals surface area contributed by atoms with Gasteiger partial charge in [0.2, 0.25) is 0 Å². The first kappa shape index (κ1) is 16.3. The highest BCUT2D eigenvalue weighted by Gasteiger charge is 2.34. The highest BCUT2D eigenvalue weighted by Crippen LogP contribution is 2.35. The van der Waals surface area contributed by atoms with E-state index in [-0.39, 0.29) is 5.82 Å². The van der Waals surface area contributed by atoms with Crippen LogP contribution >= 0.6 is 0 Å². The maximum absolute atomic E-state index is 13.9. The summed E-state index contributed by atoms with van der Waals surface area (Å²) in [5, 5.41) is 3.65. The minimum Gasteiger partial charge on any atom is -0.372 e. The normalized spacial score (nSPS) is 29.4. The van der Waals surface area contributed by atoms with Gasteiger partial charge in [-0.25, -0.2) is 4.39 Å². The third-order valence-electron chi connectivity index (χ3n) is 4.89. The van der Waals surface area contributed by atoms with Crippen LogP contribution in [0.25, 0.3) is 0 Å². The first-order valence-corrected chi connectivity index (χ1v) is 8.22. The van der Waals surface area contributed by atoms with Crippen molar-refractivity contribution in [3.05, 3.63) is 30.1 Å². The predicted molar refractivity (Wildman–Crippen MR) is 88.2 cm³/mol. The molecule has 4 atom stereocenters. The standard InChI is InChI=1S/C18H29FN2/c1-5-20-17-11-13(2)10-14(3)15(17)12-21(4)18-9-7-6-8-16(18)19/h6-9,13-15,17,20H,5,10-12H2,1-4H3. The summed E-state index contributed by atoms with van der Waals surface area (Å²) < 4.78 is 13.9. The Hall–Kier alpha value is -1.09. The molecule has 0 radical (unpaired) electrons. The van der Waals surface area contributed by atoms with Gasteiger partial charge in [0.05, 0.1) is 5.69 Å². The minimum absolute atomic E-state index is 0.128. The quantitative estimate of drug-likeness (QED) is 0.885. The lowest BCUT2D eigenvalue weighted by atomic mass is 9.72. The Kier molecular flexibility index (Phi) is 5.63. The van der Waals surface area contributed by atoms with E-state index in [2.05, 4.69) is 31.0 Å². The van der Waals surface area contributed by atoms with E-state index in [1.54, 1.807) is 12.1 Å². The second-order valence-corrected chi connectivity index (χ2v) is 6.71. The highest BCUT2D eigenvalue weighted by molar-refractivity contribution is 5.46. The molecular formula is C18H29FN2. The van der Waals surface area contributed by atoms with E-state index < -0.39 is 0 Å². The van der Waals surface area contributed by atoms with Gasteiger partial charge in [-0.05, 0) is 49.3 Å². The molecule has 0 bridgehead atoms. The van der Waals surface area contributed by atoms with Crippen molar-refractivity contribution in [3.8, 4) is 0 Å². The van der Waals surface area contributed by atoms with Gasteiger partial charge in [0.15, 0.2) is 0 Å². The third kappa shape index (κ3) is 3.97. The van der Waals surface area contributed by atoms with Crippen LogP contribution in [0, 0.1) is 23.6 Å². The molecular weight excluding hydrogens is 263 g/mol. The van der Waals surface area contributed by atoms with Crippen LogP contribution in [0.4, 0.5) is 10.1 Å². The lowest BCUT2D eigenvalue weighted by Crippen LogP contribution is -2.48. The Bertz CT molecular complexity index is 449. The van der Waals surface area contributed by atoms with Crippen molar-refractivity contribution in [1.29, 1.82) is 0 Å². The summed E-state index contributed by atoms with van der Waals surface area (Å²) in [6, 6.07) is 7.61. The maximum Gasteiger partial charge on any atom is 0.146 e. The zero-order valence-corrected chi connectivity index (χ0v) is 13.8. The Balaban J connectivity index is 2.09. The van der Waals surface area contributed by atoms with E-state index in [0.29, 0.717) is 23.6 Å². The molecule has 0 aromatic heterocycles. The molecule has 1 N–H and O–H groups in total. The van der Waals surface area contributed by atoms with Crippen molar-refractivity contribution in [3.63, 3.8) is 0 Å². The lowest BCUT2D eigenvalue weighted by molar-refractivity contribution is 0.154. The number of nitrogens with zero attached hydrogens (tertiary/aromatic N) is 1. The zero-order chi connectivity index (χ0) is 15.4. The molecule has 118 valence electrons.